The summed E-state index contributed by atoms with van der Waals surface area (Å²) in [4.78, 5) is 0. The van der Waals surface area contributed by atoms with Crippen LogP contribution in [0.4, 0.5) is 0 Å². The van der Waals surface area contributed by atoms with Crippen LogP contribution in [0.2, 0.25) is 0 Å². The van der Waals surface area contributed by atoms with Crippen molar-refractivity contribution in [2.45, 2.75) is 32.2 Å². The molecule has 0 amide bonds. The summed E-state index contributed by atoms with van der Waals surface area (Å²) in [5.41, 5.74) is 2.66. The van der Waals surface area contributed by atoms with E-state index in [0.717, 1.165) is 25.8 Å². The fourth-order valence-electron chi connectivity index (χ4n) is 2.33. The topological polar surface area (TPSA) is 29.9 Å². The maximum absolute atomic E-state index is 4.23. The van der Waals surface area contributed by atoms with Gasteiger partial charge >= 0.3 is 0 Å². The first-order valence-corrected chi connectivity index (χ1v) is 7.06. The predicted octanol–water partition coefficient (Wildman–Crippen LogP) is 3.09. The summed E-state index contributed by atoms with van der Waals surface area (Å²) in [7, 11) is 2.01. The van der Waals surface area contributed by atoms with Crippen LogP contribution in [0.3, 0.4) is 0 Å². The van der Waals surface area contributed by atoms with E-state index >= 15 is 0 Å². The Balaban J connectivity index is 2.00. The average Bonchev–Trinajstić information content (AvgIpc) is 2.85. The van der Waals surface area contributed by atoms with E-state index in [0.29, 0.717) is 6.04 Å². The quantitative estimate of drug-likeness (QED) is 0.826. The Morgan fingerprint density at radius 1 is 1.21 bits per heavy atom. The van der Waals surface area contributed by atoms with E-state index < -0.39 is 0 Å². The van der Waals surface area contributed by atoms with Crippen LogP contribution in [0.25, 0.3) is 0 Å². The predicted molar refractivity (Wildman–Crippen MR) is 79.0 cm³/mol. The van der Waals surface area contributed by atoms with E-state index in [1.807, 2.05) is 17.9 Å². The highest BCUT2D eigenvalue weighted by Gasteiger charge is 2.11. The normalized spacial score (nSPS) is 12.5. The minimum Gasteiger partial charge on any atom is -0.310 e. The van der Waals surface area contributed by atoms with Crippen molar-refractivity contribution in [2.75, 3.05) is 6.54 Å². The molecule has 1 atom stereocenters. The van der Waals surface area contributed by atoms with Gasteiger partial charge in [0, 0.05) is 25.0 Å². The fraction of sp³-hybridized carbons (Fsp3) is 0.438. The molecule has 1 unspecified atom stereocenters. The maximum Gasteiger partial charge on any atom is 0.0492 e. The Hall–Kier alpha value is -1.61. The third-order valence-electron chi connectivity index (χ3n) is 3.45. The first kappa shape index (κ1) is 13.8. The number of hydrogen-bond acceptors (Lipinski definition) is 2. The van der Waals surface area contributed by atoms with Gasteiger partial charge in [0.25, 0.3) is 0 Å². The van der Waals surface area contributed by atoms with Crippen LogP contribution < -0.4 is 5.32 Å². The van der Waals surface area contributed by atoms with Crippen molar-refractivity contribution in [3.05, 3.63) is 53.9 Å². The lowest BCUT2D eigenvalue weighted by Gasteiger charge is -2.19. The Kier molecular flexibility index (Phi) is 5.16. The molecule has 2 rings (SSSR count). The van der Waals surface area contributed by atoms with Crippen molar-refractivity contribution in [3.8, 4) is 0 Å². The van der Waals surface area contributed by atoms with E-state index in [2.05, 4.69) is 53.7 Å². The second kappa shape index (κ2) is 7.10. The molecule has 1 heterocycles. The second-order valence-corrected chi connectivity index (χ2v) is 4.90. The van der Waals surface area contributed by atoms with Crippen molar-refractivity contribution in [1.29, 1.82) is 0 Å². The smallest absolute Gasteiger partial charge is 0.0492 e. The average molecular weight is 257 g/mol. The number of nitrogens with zero attached hydrogens (tertiary/aromatic N) is 2. The van der Waals surface area contributed by atoms with Gasteiger partial charge in [0.2, 0.25) is 0 Å². The zero-order chi connectivity index (χ0) is 13.5. The van der Waals surface area contributed by atoms with Crippen LogP contribution in [-0.2, 0) is 13.5 Å². The highest BCUT2D eigenvalue weighted by molar-refractivity contribution is 5.19. The maximum atomic E-state index is 4.23. The Morgan fingerprint density at radius 3 is 2.63 bits per heavy atom. The summed E-state index contributed by atoms with van der Waals surface area (Å²) >= 11 is 0. The van der Waals surface area contributed by atoms with Gasteiger partial charge in [0.05, 0.1) is 0 Å². The summed E-state index contributed by atoms with van der Waals surface area (Å²) in [6.45, 7) is 3.26. The fourth-order valence-corrected chi connectivity index (χ4v) is 2.33. The van der Waals surface area contributed by atoms with E-state index in [1.165, 1.54) is 11.3 Å². The largest absolute Gasteiger partial charge is 0.310 e. The Morgan fingerprint density at radius 2 is 2.00 bits per heavy atom. The molecule has 1 aromatic heterocycles. The van der Waals surface area contributed by atoms with Gasteiger partial charge in [-0.3, -0.25) is 4.68 Å². The van der Waals surface area contributed by atoms with Crippen LogP contribution in [0.5, 0.6) is 0 Å². The summed E-state index contributed by atoms with van der Waals surface area (Å²) in [6.07, 6.45) is 5.18. The van der Waals surface area contributed by atoms with Gasteiger partial charge in [0.15, 0.2) is 0 Å². The van der Waals surface area contributed by atoms with Crippen LogP contribution in [-0.4, -0.2) is 16.3 Å². The van der Waals surface area contributed by atoms with Crippen molar-refractivity contribution in [2.24, 2.45) is 7.05 Å². The van der Waals surface area contributed by atoms with Gasteiger partial charge in [-0.15, -0.1) is 0 Å². The monoisotopic (exact) mass is 257 g/mol. The Bertz CT molecular complexity index is 476. The number of aromatic nitrogens is 2. The van der Waals surface area contributed by atoms with Gasteiger partial charge < -0.3 is 5.32 Å². The van der Waals surface area contributed by atoms with Crippen LogP contribution in [0.1, 0.15) is 37.1 Å². The lowest BCUT2D eigenvalue weighted by Crippen LogP contribution is -2.23. The zero-order valence-corrected chi connectivity index (χ0v) is 11.8. The Labute approximate surface area is 115 Å². The van der Waals surface area contributed by atoms with Gasteiger partial charge in [-0.1, -0.05) is 37.3 Å². The molecule has 1 N–H and O–H groups in total. The molecule has 1 aromatic carbocycles. The minimum atomic E-state index is 0.427. The molecule has 3 nitrogen and oxygen atoms in total. The van der Waals surface area contributed by atoms with E-state index in [4.69, 9.17) is 0 Å². The molecular formula is C16H23N3. The molecule has 19 heavy (non-hydrogen) atoms. The number of benzene rings is 1. The summed E-state index contributed by atoms with van der Waals surface area (Å²) in [5, 5.41) is 7.86. The molecule has 0 bridgehead atoms. The summed E-state index contributed by atoms with van der Waals surface area (Å²) in [5.74, 6) is 0. The highest BCUT2D eigenvalue weighted by Crippen LogP contribution is 2.18. The van der Waals surface area contributed by atoms with E-state index in [1.54, 1.807) is 0 Å². The lowest BCUT2D eigenvalue weighted by atomic mass is 10.0. The molecule has 0 aliphatic carbocycles. The number of rotatable bonds is 7. The molecule has 2 aromatic rings. The van der Waals surface area contributed by atoms with E-state index in [-0.39, 0.29) is 0 Å². The molecule has 0 saturated carbocycles. The molecule has 3 heteroatoms. The SMILES string of the molecule is CCCNC(CCc1ccnn1C)c1ccccc1. The second-order valence-electron chi connectivity index (χ2n) is 4.90. The zero-order valence-electron chi connectivity index (χ0n) is 11.8. The molecule has 102 valence electrons. The van der Waals surface area contributed by atoms with Gasteiger partial charge in [-0.2, -0.15) is 5.10 Å². The van der Waals surface area contributed by atoms with Crippen LogP contribution >= 0.6 is 0 Å². The van der Waals surface area contributed by atoms with Gasteiger partial charge in [-0.25, -0.2) is 0 Å². The first-order valence-electron chi connectivity index (χ1n) is 7.06. The molecular weight excluding hydrogens is 234 g/mol. The highest BCUT2D eigenvalue weighted by atomic mass is 15.2. The number of nitrogens with one attached hydrogen (secondary N) is 1. The molecule has 0 saturated heterocycles. The molecule has 0 aliphatic rings. The minimum absolute atomic E-state index is 0.427. The summed E-state index contributed by atoms with van der Waals surface area (Å²) < 4.78 is 1.96. The van der Waals surface area contributed by atoms with Crippen LogP contribution in [0.15, 0.2) is 42.6 Å². The van der Waals surface area contributed by atoms with Crippen molar-refractivity contribution in [3.63, 3.8) is 0 Å². The number of aryl methyl sites for hydroxylation is 2. The summed E-state index contributed by atoms with van der Waals surface area (Å²) in [6, 6.07) is 13.2. The third kappa shape index (κ3) is 3.93. The standard InChI is InChI=1S/C16H23N3/c1-3-12-17-16(14-7-5-4-6-8-14)10-9-15-11-13-18-19(15)2/h4-8,11,13,16-17H,3,9-10,12H2,1-2H3. The van der Waals surface area contributed by atoms with Crippen molar-refractivity contribution < 1.29 is 0 Å². The molecule has 0 fully saturated rings. The van der Waals surface area contributed by atoms with Crippen molar-refractivity contribution in [1.82, 2.24) is 15.1 Å². The molecule has 0 aliphatic heterocycles. The van der Waals surface area contributed by atoms with Gasteiger partial charge in [-0.05, 0) is 37.4 Å². The molecule has 0 radical (unpaired) electrons. The van der Waals surface area contributed by atoms with E-state index in [9.17, 15) is 0 Å². The lowest BCUT2D eigenvalue weighted by molar-refractivity contribution is 0.491. The molecule has 0 spiro atoms. The van der Waals surface area contributed by atoms with Crippen molar-refractivity contribution >= 4 is 0 Å². The third-order valence-corrected chi connectivity index (χ3v) is 3.45. The first-order chi connectivity index (χ1) is 9.31. The van der Waals surface area contributed by atoms with Gasteiger partial charge in [0.1, 0.15) is 0 Å². The number of hydrogen-bond donors (Lipinski definition) is 1. The van der Waals surface area contributed by atoms with Crippen LogP contribution in [0, 0.1) is 0 Å².